The highest BCUT2D eigenvalue weighted by atomic mass is 32.2. The summed E-state index contributed by atoms with van der Waals surface area (Å²) in [4.78, 5) is 27.6. The minimum Gasteiger partial charge on any atom is -0.350 e. The van der Waals surface area contributed by atoms with E-state index in [2.05, 4.69) is 19.2 Å². The lowest BCUT2D eigenvalue weighted by Crippen LogP contribution is -2.33. The van der Waals surface area contributed by atoms with E-state index in [1.54, 1.807) is 0 Å². The molecule has 1 aromatic carbocycles. The summed E-state index contributed by atoms with van der Waals surface area (Å²) in [6, 6.07) is 7.71. The van der Waals surface area contributed by atoms with Crippen molar-refractivity contribution in [3.05, 3.63) is 29.8 Å². The third-order valence-electron chi connectivity index (χ3n) is 4.50. The summed E-state index contributed by atoms with van der Waals surface area (Å²) < 4.78 is 0. The molecule has 0 aliphatic carbocycles. The molecule has 0 aromatic heterocycles. The average molecular weight is 363 g/mol. The number of carbonyl (C=O) groups excluding carboxylic acids is 2. The molecule has 0 radical (unpaired) electrons. The van der Waals surface area contributed by atoms with E-state index >= 15 is 0 Å². The maximum atomic E-state index is 12.6. The molecule has 1 atom stereocenters. The fourth-order valence-corrected chi connectivity index (χ4v) is 3.89. The topological polar surface area (TPSA) is 49.4 Å². The number of nitrogens with zero attached hydrogens (tertiary/aromatic N) is 1. The molecular weight excluding hydrogens is 332 g/mol. The SMILES string of the molecule is CC(C)CCC(C)NC(=O)c1ccccc1SCC(=O)N1CCCC1. The van der Waals surface area contributed by atoms with Crippen LogP contribution in [-0.4, -0.2) is 41.6 Å². The smallest absolute Gasteiger partial charge is 0.252 e. The predicted molar refractivity (Wildman–Crippen MR) is 104 cm³/mol. The monoisotopic (exact) mass is 362 g/mol. The molecule has 0 bridgehead atoms. The number of hydrogen-bond donors (Lipinski definition) is 1. The van der Waals surface area contributed by atoms with Gasteiger partial charge in [-0.05, 0) is 50.7 Å². The second kappa shape index (κ2) is 9.85. The van der Waals surface area contributed by atoms with E-state index in [0.29, 0.717) is 17.2 Å². The Morgan fingerprint density at radius 3 is 2.48 bits per heavy atom. The molecule has 5 heteroatoms. The lowest BCUT2D eigenvalue weighted by atomic mass is 10.0. The van der Waals surface area contributed by atoms with Crippen molar-refractivity contribution in [3.63, 3.8) is 0 Å². The minimum absolute atomic E-state index is 0.0482. The van der Waals surface area contributed by atoms with Crippen LogP contribution < -0.4 is 5.32 Å². The van der Waals surface area contributed by atoms with Gasteiger partial charge < -0.3 is 10.2 Å². The minimum atomic E-state index is -0.0482. The first-order valence-electron chi connectivity index (χ1n) is 9.28. The zero-order valence-electron chi connectivity index (χ0n) is 15.6. The summed E-state index contributed by atoms with van der Waals surface area (Å²) in [7, 11) is 0. The van der Waals surface area contributed by atoms with E-state index in [4.69, 9.17) is 0 Å². The van der Waals surface area contributed by atoms with Gasteiger partial charge in [0.15, 0.2) is 0 Å². The van der Waals surface area contributed by atoms with Crippen LogP contribution in [0.1, 0.15) is 56.8 Å². The van der Waals surface area contributed by atoms with Gasteiger partial charge in [0.25, 0.3) is 5.91 Å². The number of hydrogen-bond acceptors (Lipinski definition) is 3. The van der Waals surface area contributed by atoms with Crippen LogP contribution in [0.15, 0.2) is 29.2 Å². The molecule has 2 rings (SSSR count). The maximum Gasteiger partial charge on any atom is 0.252 e. The molecule has 1 saturated heterocycles. The van der Waals surface area contributed by atoms with E-state index in [9.17, 15) is 9.59 Å². The Morgan fingerprint density at radius 2 is 1.80 bits per heavy atom. The van der Waals surface area contributed by atoms with Crippen molar-refractivity contribution in [2.24, 2.45) is 5.92 Å². The summed E-state index contributed by atoms with van der Waals surface area (Å²) in [5.41, 5.74) is 0.665. The summed E-state index contributed by atoms with van der Waals surface area (Å²) in [5, 5.41) is 3.09. The summed E-state index contributed by atoms with van der Waals surface area (Å²) in [5.74, 6) is 1.16. The Kier molecular flexibility index (Phi) is 7.82. The van der Waals surface area contributed by atoms with Crippen molar-refractivity contribution in [2.45, 2.75) is 57.4 Å². The molecule has 1 aliphatic rings. The molecule has 1 unspecified atom stereocenters. The number of carbonyl (C=O) groups is 2. The largest absolute Gasteiger partial charge is 0.350 e. The number of thioether (sulfide) groups is 1. The highest BCUT2D eigenvalue weighted by molar-refractivity contribution is 8.00. The molecule has 1 aromatic rings. The first-order valence-corrected chi connectivity index (χ1v) is 10.3. The first-order chi connectivity index (χ1) is 12.0. The highest BCUT2D eigenvalue weighted by Crippen LogP contribution is 2.24. The average Bonchev–Trinajstić information content (AvgIpc) is 3.12. The summed E-state index contributed by atoms with van der Waals surface area (Å²) in [6.07, 6.45) is 4.28. The summed E-state index contributed by atoms with van der Waals surface area (Å²) >= 11 is 1.46. The molecule has 1 N–H and O–H groups in total. The zero-order valence-corrected chi connectivity index (χ0v) is 16.4. The van der Waals surface area contributed by atoms with Crippen molar-refractivity contribution in [1.82, 2.24) is 10.2 Å². The molecule has 1 aliphatic heterocycles. The molecule has 0 saturated carbocycles. The summed E-state index contributed by atoms with van der Waals surface area (Å²) in [6.45, 7) is 8.17. The van der Waals surface area contributed by atoms with Gasteiger partial charge >= 0.3 is 0 Å². The quantitative estimate of drug-likeness (QED) is 0.712. The first kappa shape index (κ1) is 19.8. The normalized spacial score (nSPS) is 15.4. The van der Waals surface area contributed by atoms with Crippen molar-refractivity contribution in [3.8, 4) is 0 Å². The van der Waals surface area contributed by atoms with E-state index in [1.807, 2.05) is 36.1 Å². The Bertz CT molecular complexity index is 583. The van der Waals surface area contributed by atoms with Gasteiger partial charge in [-0.15, -0.1) is 11.8 Å². The van der Waals surface area contributed by atoms with Gasteiger partial charge in [-0.1, -0.05) is 26.0 Å². The lowest BCUT2D eigenvalue weighted by Gasteiger charge is -2.17. The third-order valence-corrected chi connectivity index (χ3v) is 5.55. The number of amides is 2. The Morgan fingerprint density at radius 1 is 1.12 bits per heavy atom. The lowest BCUT2D eigenvalue weighted by molar-refractivity contribution is -0.127. The van der Waals surface area contributed by atoms with Crippen LogP contribution in [0, 0.1) is 5.92 Å². The van der Waals surface area contributed by atoms with Gasteiger partial charge in [-0.2, -0.15) is 0 Å². The van der Waals surface area contributed by atoms with Crippen molar-refractivity contribution in [1.29, 1.82) is 0 Å². The van der Waals surface area contributed by atoms with E-state index in [1.165, 1.54) is 11.8 Å². The Hall–Kier alpha value is -1.49. The van der Waals surface area contributed by atoms with Gasteiger partial charge in [-0.3, -0.25) is 9.59 Å². The molecule has 0 spiro atoms. The Balaban J connectivity index is 1.92. The van der Waals surface area contributed by atoms with Crippen molar-refractivity contribution in [2.75, 3.05) is 18.8 Å². The van der Waals surface area contributed by atoms with Crippen LogP contribution in [0.3, 0.4) is 0 Å². The second-order valence-corrected chi connectivity index (χ2v) is 8.24. The van der Waals surface area contributed by atoms with E-state index in [0.717, 1.165) is 43.7 Å². The van der Waals surface area contributed by atoms with Gasteiger partial charge in [0.2, 0.25) is 5.91 Å². The van der Waals surface area contributed by atoms with Gasteiger partial charge in [0.1, 0.15) is 0 Å². The molecule has 4 nitrogen and oxygen atoms in total. The highest BCUT2D eigenvalue weighted by Gasteiger charge is 2.19. The van der Waals surface area contributed by atoms with Crippen LogP contribution in [0.25, 0.3) is 0 Å². The fourth-order valence-electron chi connectivity index (χ4n) is 2.93. The standard InChI is InChI=1S/C20H30N2O2S/c1-15(2)10-11-16(3)21-20(24)17-8-4-5-9-18(17)25-14-19(23)22-12-6-7-13-22/h4-5,8-9,15-16H,6-7,10-14H2,1-3H3,(H,21,24). The predicted octanol–water partition coefficient (Wildman–Crippen LogP) is 3.96. The van der Waals surface area contributed by atoms with Gasteiger partial charge in [0, 0.05) is 24.0 Å². The molecule has 138 valence electrons. The molecule has 1 heterocycles. The van der Waals surface area contributed by atoms with Crippen LogP contribution in [-0.2, 0) is 4.79 Å². The Labute approximate surface area is 155 Å². The van der Waals surface area contributed by atoms with Crippen LogP contribution in [0.5, 0.6) is 0 Å². The zero-order chi connectivity index (χ0) is 18.2. The molecule has 1 fully saturated rings. The van der Waals surface area contributed by atoms with Gasteiger partial charge in [0.05, 0.1) is 11.3 Å². The molecule has 25 heavy (non-hydrogen) atoms. The maximum absolute atomic E-state index is 12.6. The van der Waals surface area contributed by atoms with Gasteiger partial charge in [-0.25, -0.2) is 0 Å². The van der Waals surface area contributed by atoms with E-state index < -0.39 is 0 Å². The third kappa shape index (κ3) is 6.38. The fraction of sp³-hybridized carbons (Fsp3) is 0.600. The molecule has 2 amide bonds. The number of rotatable bonds is 8. The van der Waals surface area contributed by atoms with Crippen LogP contribution in [0.2, 0.25) is 0 Å². The van der Waals surface area contributed by atoms with Crippen LogP contribution in [0.4, 0.5) is 0 Å². The van der Waals surface area contributed by atoms with Crippen molar-refractivity contribution < 1.29 is 9.59 Å². The second-order valence-electron chi connectivity index (χ2n) is 7.22. The number of likely N-dealkylation sites (tertiary alicyclic amines) is 1. The molecular formula is C20H30N2O2S. The number of benzene rings is 1. The van der Waals surface area contributed by atoms with Crippen LogP contribution >= 0.6 is 11.8 Å². The van der Waals surface area contributed by atoms with E-state index in [-0.39, 0.29) is 17.9 Å². The number of nitrogens with one attached hydrogen (secondary N) is 1. The van der Waals surface area contributed by atoms with Crippen molar-refractivity contribution >= 4 is 23.6 Å².